The van der Waals surface area contributed by atoms with Gasteiger partial charge in [0.15, 0.2) is 5.82 Å². The fourth-order valence-corrected chi connectivity index (χ4v) is 2.47. The van der Waals surface area contributed by atoms with Crippen LogP contribution >= 0.6 is 11.6 Å². The zero-order valence-corrected chi connectivity index (χ0v) is 11.9. The zero-order valence-electron chi connectivity index (χ0n) is 11.1. The van der Waals surface area contributed by atoms with Gasteiger partial charge in [-0.2, -0.15) is 4.98 Å². The number of aromatic hydroxyl groups is 1. The van der Waals surface area contributed by atoms with E-state index < -0.39 is 0 Å². The maximum absolute atomic E-state index is 9.44. The molecule has 2 aromatic rings. The normalized spacial score (nSPS) is 19.3. The Labute approximate surface area is 121 Å². The van der Waals surface area contributed by atoms with Crippen molar-refractivity contribution in [2.45, 2.75) is 13.0 Å². The predicted molar refractivity (Wildman–Crippen MR) is 78.2 cm³/mol. The number of benzene rings is 1. The summed E-state index contributed by atoms with van der Waals surface area (Å²) in [5.74, 6) is 1.40. The Hall–Kier alpha value is -1.79. The van der Waals surface area contributed by atoms with Gasteiger partial charge in [0, 0.05) is 31.2 Å². The van der Waals surface area contributed by atoms with Crippen molar-refractivity contribution in [2.24, 2.45) is 0 Å². The molecular weight excluding hydrogens is 278 g/mol. The molecule has 1 aliphatic heterocycles. The van der Waals surface area contributed by atoms with Crippen molar-refractivity contribution in [3.63, 3.8) is 0 Å². The van der Waals surface area contributed by atoms with Gasteiger partial charge in [-0.1, -0.05) is 11.6 Å². The zero-order chi connectivity index (χ0) is 14.1. The number of phenolic OH excluding ortho intramolecular Hbond substituents is 1. The van der Waals surface area contributed by atoms with Crippen LogP contribution in [0.5, 0.6) is 5.75 Å². The highest BCUT2D eigenvalue weighted by molar-refractivity contribution is 6.32. The quantitative estimate of drug-likeness (QED) is 0.784. The molecule has 2 heterocycles. The minimum Gasteiger partial charge on any atom is -0.506 e. The van der Waals surface area contributed by atoms with Crippen LogP contribution in [0.4, 0.5) is 5.95 Å². The van der Waals surface area contributed by atoms with Crippen LogP contribution in [0.1, 0.15) is 6.92 Å². The fraction of sp³-hybridized carbons (Fsp3) is 0.385. The molecule has 0 amide bonds. The SMILES string of the molecule is C[C@@H]1CN(c2n[nH]c(-c3ccc(O)c(Cl)c3)n2)CCN1. The lowest BCUT2D eigenvalue weighted by atomic mass is 10.2. The summed E-state index contributed by atoms with van der Waals surface area (Å²) < 4.78 is 0. The lowest BCUT2D eigenvalue weighted by Crippen LogP contribution is -2.49. The standard InChI is InChI=1S/C13H16ClN5O/c1-8-7-19(5-4-15-8)13-16-12(17-18-13)9-2-3-11(20)10(14)6-9/h2-3,6,8,15,20H,4-5,7H2,1H3,(H,16,17,18)/t8-/m1/s1. The molecule has 0 bridgehead atoms. The van der Waals surface area contributed by atoms with E-state index in [2.05, 4.69) is 32.3 Å². The molecule has 1 atom stereocenters. The number of hydrogen-bond acceptors (Lipinski definition) is 5. The van der Waals surface area contributed by atoms with E-state index >= 15 is 0 Å². The number of rotatable bonds is 2. The van der Waals surface area contributed by atoms with Crippen molar-refractivity contribution in [1.29, 1.82) is 0 Å². The van der Waals surface area contributed by atoms with Crippen molar-refractivity contribution in [1.82, 2.24) is 20.5 Å². The van der Waals surface area contributed by atoms with E-state index in [0.29, 0.717) is 22.8 Å². The van der Waals surface area contributed by atoms with Gasteiger partial charge >= 0.3 is 0 Å². The number of halogens is 1. The Bertz CT molecular complexity index is 615. The van der Waals surface area contributed by atoms with Crippen LogP contribution in [0.3, 0.4) is 0 Å². The minimum atomic E-state index is 0.0612. The lowest BCUT2D eigenvalue weighted by molar-refractivity contribution is 0.475. The molecule has 0 saturated carbocycles. The van der Waals surface area contributed by atoms with Crippen LogP contribution in [0.2, 0.25) is 5.02 Å². The Kier molecular flexibility index (Phi) is 3.50. The second-order valence-electron chi connectivity index (χ2n) is 4.95. The van der Waals surface area contributed by atoms with Crippen molar-refractivity contribution in [3.05, 3.63) is 23.2 Å². The first-order valence-corrected chi connectivity index (χ1v) is 6.91. The summed E-state index contributed by atoms with van der Waals surface area (Å²) in [7, 11) is 0. The number of phenols is 1. The van der Waals surface area contributed by atoms with E-state index in [1.165, 1.54) is 0 Å². The maximum atomic E-state index is 9.44. The number of aromatic nitrogens is 3. The molecule has 1 fully saturated rings. The maximum Gasteiger partial charge on any atom is 0.245 e. The Morgan fingerprint density at radius 3 is 3.05 bits per heavy atom. The van der Waals surface area contributed by atoms with E-state index in [1.54, 1.807) is 18.2 Å². The summed E-state index contributed by atoms with van der Waals surface area (Å²) in [5, 5.41) is 20.3. The number of piperazine rings is 1. The molecule has 6 nitrogen and oxygen atoms in total. The Balaban J connectivity index is 1.84. The number of nitrogens with zero attached hydrogens (tertiary/aromatic N) is 3. The van der Waals surface area contributed by atoms with Gasteiger partial charge in [-0.25, -0.2) is 0 Å². The van der Waals surface area contributed by atoms with Crippen molar-refractivity contribution < 1.29 is 5.11 Å². The van der Waals surface area contributed by atoms with E-state index in [0.717, 1.165) is 25.2 Å². The first-order chi connectivity index (χ1) is 9.63. The highest BCUT2D eigenvalue weighted by Gasteiger charge is 2.19. The molecule has 0 aliphatic carbocycles. The van der Waals surface area contributed by atoms with Crippen LogP contribution in [0.15, 0.2) is 18.2 Å². The highest BCUT2D eigenvalue weighted by atomic mass is 35.5. The monoisotopic (exact) mass is 293 g/mol. The number of nitrogens with one attached hydrogen (secondary N) is 2. The molecule has 3 N–H and O–H groups in total. The average molecular weight is 294 g/mol. The molecule has 20 heavy (non-hydrogen) atoms. The fourth-order valence-electron chi connectivity index (χ4n) is 2.29. The van der Waals surface area contributed by atoms with Crippen LogP contribution in [0, 0.1) is 0 Å². The lowest BCUT2D eigenvalue weighted by Gasteiger charge is -2.30. The second-order valence-corrected chi connectivity index (χ2v) is 5.36. The van der Waals surface area contributed by atoms with Gasteiger partial charge in [0.2, 0.25) is 5.95 Å². The number of anilines is 1. The summed E-state index contributed by atoms with van der Waals surface area (Å²) in [5.41, 5.74) is 0.801. The van der Waals surface area contributed by atoms with Gasteiger partial charge in [0.05, 0.1) is 5.02 Å². The van der Waals surface area contributed by atoms with Gasteiger partial charge in [-0.05, 0) is 25.1 Å². The van der Waals surface area contributed by atoms with Gasteiger partial charge in [0.1, 0.15) is 5.75 Å². The molecule has 3 rings (SSSR count). The van der Waals surface area contributed by atoms with Gasteiger partial charge in [-0.3, -0.25) is 5.10 Å². The van der Waals surface area contributed by atoms with Crippen molar-refractivity contribution in [3.8, 4) is 17.1 Å². The second kappa shape index (κ2) is 5.30. The molecule has 1 aliphatic rings. The van der Waals surface area contributed by atoms with Gasteiger partial charge in [-0.15, -0.1) is 5.10 Å². The van der Waals surface area contributed by atoms with Crippen LogP contribution in [0.25, 0.3) is 11.4 Å². The molecular formula is C13H16ClN5O. The van der Waals surface area contributed by atoms with E-state index in [1.807, 2.05) is 0 Å². The third-order valence-corrected chi connectivity index (χ3v) is 3.65. The summed E-state index contributed by atoms with van der Waals surface area (Å²) in [4.78, 5) is 6.64. The first kappa shape index (κ1) is 13.2. The third-order valence-electron chi connectivity index (χ3n) is 3.35. The highest BCUT2D eigenvalue weighted by Crippen LogP contribution is 2.28. The summed E-state index contributed by atoms with van der Waals surface area (Å²) >= 11 is 5.91. The molecule has 1 saturated heterocycles. The van der Waals surface area contributed by atoms with E-state index in [4.69, 9.17) is 11.6 Å². The van der Waals surface area contributed by atoms with E-state index in [9.17, 15) is 5.11 Å². The number of H-pyrrole nitrogens is 1. The Morgan fingerprint density at radius 1 is 1.45 bits per heavy atom. The van der Waals surface area contributed by atoms with Gasteiger partial charge < -0.3 is 15.3 Å². The van der Waals surface area contributed by atoms with Gasteiger partial charge in [0.25, 0.3) is 0 Å². The summed E-state index contributed by atoms with van der Waals surface area (Å²) in [6.45, 7) is 4.83. The molecule has 7 heteroatoms. The number of aromatic amines is 1. The van der Waals surface area contributed by atoms with Crippen molar-refractivity contribution >= 4 is 17.5 Å². The molecule has 1 aromatic carbocycles. The molecule has 0 spiro atoms. The molecule has 0 radical (unpaired) electrons. The molecule has 106 valence electrons. The van der Waals surface area contributed by atoms with E-state index in [-0.39, 0.29) is 5.75 Å². The smallest absolute Gasteiger partial charge is 0.245 e. The average Bonchev–Trinajstić information content (AvgIpc) is 2.92. The third kappa shape index (κ3) is 2.57. The van der Waals surface area contributed by atoms with Crippen LogP contribution in [-0.4, -0.2) is 46.0 Å². The molecule has 1 aromatic heterocycles. The largest absolute Gasteiger partial charge is 0.506 e. The Morgan fingerprint density at radius 2 is 2.30 bits per heavy atom. The van der Waals surface area contributed by atoms with Crippen LogP contribution < -0.4 is 10.2 Å². The summed E-state index contributed by atoms with van der Waals surface area (Å²) in [6, 6.07) is 5.40. The minimum absolute atomic E-state index is 0.0612. The topological polar surface area (TPSA) is 77.1 Å². The molecule has 0 unspecified atom stereocenters. The van der Waals surface area contributed by atoms with Crippen LogP contribution in [-0.2, 0) is 0 Å². The summed E-state index contributed by atoms with van der Waals surface area (Å²) in [6.07, 6.45) is 0. The first-order valence-electron chi connectivity index (χ1n) is 6.53. The predicted octanol–water partition coefficient (Wildman–Crippen LogP) is 1.63. The number of hydrogen-bond donors (Lipinski definition) is 3. The van der Waals surface area contributed by atoms with Crippen molar-refractivity contribution in [2.75, 3.05) is 24.5 Å².